The molecule has 26 heavy (non-hydrogen) atoms. The highest BCUT2D eigenvalue weighted by atomic mass is 32.2. The van der Waals surface area contributed by atoms with E-state index >= 15 is 0 Å². The standard InChI is InChI=1S/C17H23N5O3S/c1-17(2)8-10(5-7-25-17)22-15-13(16(24)20-22)14(26-9-12(23)19-15)11-4-6-18-21(11)3/h4,6,10,14H,5,7-9H2,1-3H3,(H,19,23)(H,20,24)/t10-,14+/m0/s1. The molecule has 2 N–H and O–H groups in total. The molecule has 0 bridgehead atoms. The smallest absolute Gasteiger partial charge is 0.271 e. The van der Waals surface area contributed by atoms with Crippen molar-refractivity contribution in [3.05, 3.63) is 33.9 Å². The molecule has 8 nitrogen and oxygen atoms in total. The first-order valence-corrected chi connectivity index (χ1v) is 9.78. The first-order valence-electron chi connectivity index (χ1n) is 8.73. The summed E-state index contributed by atoms with van der Waals surface area (Å²) in [6.45, 7) is 4.72. The number of carbonyl (C=O) groups excluding carboxylic acids is 1. The van der Waals surface area contributed by atoms with E-state index in [1.807, 2.05) is 31.6 Å². The molecule has 0 aromatic carbocycles. The number of thioether (sulfide) groups is 1. The molecule has 4 rings (SSSR count). The minimum atomic E-state index is -0.262. The topological polar surface area (TPSA) is 93.9 Å². The maximum atomic E-state index is 12.9. The number of carbonyl (C=O) groups is 1. The van der Waals surface area contributed by atoms with E-state index in [9.17, 15) is 9.59 Å². The van der Waals surface area contributed by atoms with Gasteiger partial charge < -0.3 is 10.1 Å². The van der Waals surface area contributed by atoms with Crippen molar-refractivity contribution in [3.8, 4) is 0 Å². The average Bonchev–Trinajstić information content (AvgIpc) is 3.07. The number of nitrogens with zero attached hydrogens (tertiary/aromatic N) is 3. The molecule has 140 valence electrons. The number of rotatable bonds is 2. The maximum absolute atomic E-state index is 12.9. The van der Waals surface area contributed by atoms with Crippen molar-refractivity contribution in [2.24, 2.45) is 7.05 Å². The van der Waals surface area contributed by atoms with Crippen LogP contribution < -0.4 is 10.9 Å². The van der Waals surface area contributed by atoms with Crippen molar-refractivity contribution in [2.45, 2.75) is 43.6 Å². The molecule has 2 aromatic heterocycles. The van der Waals surface area contributed by atoms with Gasteiger partial charge in [-0.25, -0.2) is 0 Å². The fourth-order valence-corrected chi connectivity index (χ4v) is 4.99. The molecule has 0 radical (unpaired) electrons. The molecular weight excluding hydrogens is 354 g/mol. The van der Waals surface area contributed by atoms with Gasteiger partial charge in [-0.3, -0.25) is 24.1 Å². The van der Waals surface area contributed by atoms with Crippen LogP contribution in [0.1, 0.15) is 49.2 Å². The van der Waals surface area contributed by atoms with Crippen molar-refractivity contribution >= 4 is 23.5 Å². The second-order valence-electron chi connectivity index (χ2n) is 7.45. The zero-order valence-electron chi connectivity index (χ0n) is 15.1. The number of hydrogen-bond donors (Lipinski definition) is 2. The van der Waals surface area contributed by atoms with E-state index in [0.29, 0.717) is 23.7 Å². The monoisotopic (exact) mass is 377 g/mol. The lowest BCUT2D eigenvalue weighted by Crippen LogP contribution is -2.36. The lowest BCUT2D eigenvalue weighted by Gasteiger charge is -2.36. The molecule has 0 unspecified atom stereocenters. The fraction of sp³-hybridized carbons (Fsp3) is 0.588. The van der Waals surface area contributed by atoms with Gasteiger partial charge in [0, 0.05) is 19.9 Å². The molecule has 2 atom stereocenters. The highest BCUT2D eigenvalue weighted by Gasteiger charge is 2.36. The summed E-state index contributed by atoms with van der Waals surface area (Å²) >= 11 is 1.45. The third-order valence-corrected chi connectivity index (χ3v) is 6.27. The Labute approximate surface area is 155 Å². The van der Waals surface area contributed by atoms with Crippen LogP contribution in [0.3, 0.4) is 0 Å². The molecule has 1 saturated heterocycles. The number of H-pyrrole nitrogens is 1. The average molecular weight is 377 g/mol. The third-order valence-electron chi connectivity index (χ3n) is 5.03. The number of ether oxygens (including phenoxy) is 1. The van der Waals surface area contributed by atoms with Crippen LogP contribution in [-0.2, 0) is 16.6 Å². The Morgan fingerprint density at radius 3 is 2.88 bits per heavy atom. The molecule has 2 aliphatic heterocycles. The number of fused-ring (bicyclic) bond motifs is 1. The van der Waals surface area contributed by atoms with Crippen LogP contribution in [0.4, 0.5) is 5.82 Å². The van der Waals surface area contributed by atoms with Crippen molar-refractivity contribution in [1.29, 1.82) is 0 Å². The first-order chi connectivity index (χ1) is 12.4. The number of nitrogens with one attached hydrogen (secondary N) is 2. The van der Waals surface area contributed by atoms with Crippen molar-refractivity contribution in [2.75, 3.05) is 17.7 Å². The molecule has 0 spiro atoms. The molecule has 1 amide bonds. The van der Waals surface area contributed by atoms with Crippen LogP contribution in [0.15, 0.2) is 17.1 Å². The number of amides is 1. The van der Waals surface area contributed by atoms with Crippen molar-refractivity contribution < 1.29 is 9.53 Å². The summed E-state index contributed by atoms with van der Waals surface area (Å²) in [5, 5.41) is 9.90. The summed E-state index contributed by atoms with van der Waals surface area (Å²) in [4.78, 5) is 25.2. The van der Waals surface area contributed by atoms with E-state index in [1.54, 1.807) is 10.9 Å². The van der Waals surface area contributed by atoms with Gasteiger partial charge in [-0.15, -0.1) is 11.8 Å². The highest BCUT2D eigenvalue weighted by molar-refractivity contribution is 8.00. The molecule has 9 heteroatoms. The number of aryl methyl sites for hydroxylation is 1. The predicted molar refractivity (Wildman–Crippen MR) is 99.5 cm³/mol. The number of aromatic nitrogens is 4. The second-order valence-corrected chi connectivity index (χ2v) is 8.54. The number of hydrogen-bond acceptors (Lipinski definition) is 5. The van der Waals surface area contributed by atoms with E-state index in [2.05, 4.69) is 15.5 Å². The van der Waals surface area contributed by atoms with Gasteiger partial charge in [-0.05, 0) is 32.8 Å². The van der Waals surface area contributed by atoms with Gasteiger partial charge in [-0.1, -0.05) is 0 Å². The summed E-state index contributed by atoms with van der Waals surface area (Å²) in [6, 6.07) is 1.97. The fourth-order valence-electron chi connectivity index (χ4n) is 3.81. The van der Waals surface area contributed by atoms with Crippen molar-refractivity contribution in [3.63, 3.8) is 0 Å². The Kier molecular flexibility index (Phi) is 4.23. The SMILES string of the molecule is Cn1nccc1[C@H]1SCC(=O)Nc2c1c(=O)[nH]n2[C@H]1CCOC(C)(C)C1. The van der Waals surface area contributed by atoms with Crippen LogP contribution in [0, 0.1) is 0 Å². The quantitative estimate of drug-likeness (QED) is 0.833. The summed E-state index contributed by atoms with van der Waals surface area (Å²) in [5.41, 5.74) is 1.07. The van der Waals surface area contributed by atoms with Gasteiger partial charge in [0.05, 0.1) is 33.9 Å². The van der Waals surface area contributed by atoms with E-state index in [-0.39, 0.29) is 28.4 Å². The maximum Gasteiger partial charge on any atom is 0.271 e. The van der Waals surface area contributed by atoms with E-state index in [0.717, 1.165) is 18.5 Å². The summed E-state index contributed by atoms with van der Waals surface area (Å²) in [6.07, 6.45) is 3.27. The third kappa shape index (κ3) is 2.99. The lowest BCUT2D eigenvalue weighted by molar-refractivity contribution is -0.113. The van der Waals surface area contributed by atoms with E-state index in [4.69, 9.17) is 4.74 Å². The minimum absolute atomic E-state index is 0.0748. The van der Waals surface area contributed by atoms with Crippen LogP contribution in [0.5, 0.6) is 0 Å². The largest absolute Gasteiger partial charge is 0.375 e. The zero-order chi connectivity index (χ0) is 18.5. The Morgan fingerprint density at radius 1 is 1.38 bits per heavy atom. The Bertz CT molecular complexity index is 897. The molecule has 2 aliphatic rings. The highest BCUT2D eigenvalue weighted by Crippen LogP contribution is 2.41. The number of anilines is 1. The van der Waals surface area contributed by atoms with E-state index < -0.39 is 0 Å². The van der Waals surface area contributed by atoms with Crippen LogP contribution in [-0.4, -0.2) is 43.4 Å². The Balaban J connectivity index is 1.82. The van der Waals surface area contributed by atoms with Gasteiger partial charge in [-0.2, -0.15) is 5.10 Å². The predicted octanol–water partition coefficient (Wildman–Crippen LogP) is 1.81. The molecule has 1 fully saturated rings. The Hall–Kier alpha value is -2.00. The van der Waals surface area contributed by atoms with Gasteiger partial charge in [0.25, 0.3) is 5.56 Å². The minimum Gasteiger partial charge on any atom is -0.375 e. The second kappa shape index (κ2) is 6.31. The summed E-state index contributed by atoms with van der Waals surface area (Å²) in [5.74, 6) is 0.780. The van der Waals surface area contributed by atoms with Crippen LogP contribution in [0.2, 0.25) is 0 Å². The normalized spacial score (nSPS) is 25.4. The lowest BCUT2D eigenvalue weighted by atomic mass is 9.94. The van der Waals surface area contributed by atoms with Gasteiger partial charge in [0.1, 0.15) is 5.82 Å². The van der Waals surface area contributed by atoms with Crippen LogP contribution >= 0.6 is 11.8 Å². The summed E-state index contributed by atoms with van der Waals surface area (Å²) < 4.78 is 9.40. The number of aromatic amines is 1. The zero-order valence-corrected chi connectivity index (χ0v) is 15.9. The first kappa shape index (κ1) is 17.4. The van der Waals surface area contributed by atoms with Crippen molar-refractivity contribution in [1.82, 2.24) is 19.6 Å². The summed E-state index contributed by atoms with van der Waals surface area (Å²) in [7, 11) is 1.85. The molecule has 0 saturated carbocycles. The van der Waals surface area contributed by atoms with E-state index in [1.165, 1.54) is 11.8 Å². The van der Waals surface area contributed by atoms with Gasteiger partial charge in [0.15, 0.2) is 0 Å². The van der Waals surface area contributed by atoms with Gasteiger partial charge >= 0.3 is 0 Å². The molecular formula is C17H23N5O3S. The Morgan fingerprint density at radius 2 is 2.19 bits per heavy atom. The van der Waals surface area contributed by atoms with Gasteiger partial charge in [0.2, 0.25) is 5.91 Å². The molecule has 2 aromatic rings. The molecule has 4 heterocycles. The van der Waals surface area contributed by atoms with Crippen LogP contribution in [0.25, 0.3) is 0 Å². The molecule has 0 aliphatic carbocycles.